The molecule has 2 aliphatic heterocycles. The molecule has 2 saturated heterocycles. The van der Waals surface area contributed by atoms with Gasteiger partial charge in [0.15, 0.2) is 9.75 Å². The number of carbonyl (C=O) groups is 4. The molecule has 2 aliphatic carbocycles. The normalized spacial score (nSPS) is 31.6. The largest absolute Gasteiger partial charge is 0.508 e. The zero-order valence-electron chi connectivity index (χ0n) is 22.2. The predicted octanol–water partition coefficient (Wildman–Crippen LogP) is 6.06. The van der Waals surface area contributed by atoms with E-state index in [0.717, 1.165) is 17.0 Å². The minimum absolute atomic E-state index is 0.0836. The molecule has 7 nitrogen and oxygen atoms in total. The van der Waals surface area contributed by atoms with Gasteiger partial charge in [-0.25, -0.2) is 9.29 Å². The number of imide groups is 2. The van der Waals surface area contributed by atoms with Gasteiger partial charge in [-0.2, -0.15) is 0 Å². The molecule has 0 radical (unpaired) electrons. The Morgan fingerprint density at radius 1 is 0.837 bits per heavy atom. The van der Waals surface area contributed by atoms with Crippen LogP contribution in [0.4, 0.5) is 15.8 Å². The van der Waals surface area contributed by atoms with E-state index in [2.05, 4.69) is 15.9 Å². The van der Waals surface area contributed by atoms with Crippen LogP contribution in [0.15, 0.2) is 88.9 Å². The Balaban J connectivity index is 1.42. The number of nitrogens with zero attached hydrogens (tertiary/aromatic N) is 2. The van der Waals surface area contributed by atoms with Crippen molar-refractivity contribution >= 4 is 74.1 Å². The molecule has 1 N–H and O–H groups in total. The molecule has 4 aliphatic rings. The molecule has 0 unspecified atom stereocenters. The van der Waals surface area contributed by atoms with Crippen LogP contribution in [-0.4, -0.2) is 38.5 Å². The number of allylic oxidation sites excluding steroid dienone is 2. The molecule has 43 heavy (non-hydrogen) atoms. The summed E-state index contributed by atoms with van der Waals surface area (Å²) in [5, 5.41) is 11.1. The van der Waals surface area contributed by atoms with Gasteiger partial charge < -0.3 is 5.11 Å². The van der Waals surface area contributed by atoms with Crippen molar-refractivity contribution in [1.82, 2.24) is 0 Å². The van der Waals surface area contributed by atoms with Gasteiger partial charge in [-0.05, 0) is 73.4 Å². The van der Waals surface area contributed by atoms with Gasteiger partial charge in [-0.15, -0.1) is 23.2 Å². The third-order valence-corrected chi connectivity index (χ3v) is 11.1. The Kier molecular flexibility index (Phi) is 6.40. The maximum Gasteiger partial charge on any atom is 0.258 e. The first-order valence-corrected chi connectivity index (χ1v) is 15.2. The van der Waals surface area contributed by atoms with Gasteiger partial charge in [-0.3, -0.25) is 24.1 Å². The summed E-state index contributed by atoms with van der Waals surface area (Å²) < 4.78 is 14.4. The van der Waals surface area contributed by atoms with E-state index >= 15 is 0 Å². The number of phenols is 1. The summed E-state index contributed by atoms with van der Waals surface area (Å²) in [4.78, 5) is 54.1. The van der Waals surface area contributed by atoms with Gasteiger partial charge in [0, 0.05) is 16.0 Å². The fourth-order valence-corrected chi connectivity index (χ4v) is 8.64. The number of anilines is 2. The lowest BCUT2D eigenvalue weighted by atomic mass is 9.56. The molecule has 7 rings (SSSR count). The van der Waals surface area contributed by atoms with Crippen LogP contribution in [0.1, 0.15) is 24.3 Å². The molecular weight excluding hydrogens is 662 g/mol. The van der Waals surface area contributed by atoms with E-state index < -0.39 is 57.0 Å². The number of amides is 4. The number of benzene rings is 3. The highest BCUT2D eigenvalue weighted by Crippen LogP contribution is 2.66. The fraction of sp³-hybridized carbons (Fsp3) is 0.250. The van der Waals surface area contributed by atoms with Crippen LogP contribution >= 0.6 is 39.1 Å². The van der Waals surface area contributed by atoms with Gasteiger partial charge in [0.05, 0.1) is 23.2 Å². The van der Waals surface area contributed by atoms with Crippen molar-refractivity contribution < 1.29 is 28.7 Å². The quantitative estimate of drug-likeness (QED) is 0.206. The molecule has 4 amide bonds. The molecule has 3 aromatic carbocycles. The first-order chi connectivity index (χ1) is 20.5. The molecule has 3 aromatic rings. The monoisotopic (exact) mass is 682 g/mol. The van der Waals surface area contributed by atoms with Crippen LogP contribution in [0.5, 0.6) is 5.75 Å². The number of fused-ring (bicyclic) bond motifs is 4. The lowest BCUT2D eigenvalue weighted by molar-refractivity contribution is -0.125. The topological polar surface area (TPSA) is 95.0 Å². The third kappa shape index (κ3) is 3.77. The Morgan fingerprint density at radius 3 is 2.21 bits per heavy atom. The maximum atomic E-state index is 14.3. The number of aromatic hydroxyl groups is 1. The second-order valence-electron chi connectivity index (χ2n) is 11.3. The van der Waals surface area contributed by atoms with Crippen LogP contribution in [0.3, 0.4) is 0 Å². The van der Waals surface area contributed by atoms with Gasteiger partial charge in [-0.1, -0.05) is 45.8 Å². The summed E-state index contributed by atoms with van der Waals surface area (Å²) >= 11 is 18.1. The molecule has 0 bridgehead atoms. The third-order valence-electron chi connectivity index (χ3n) is 9.21. The SMILES string of the molecule is O=C1[C@H]2[C@H](CC=C3[C@H]2C[C@@]2(Cl)C(=O)N(c4ccc(F)cc4)C(=O)[C@@]2(Cl)[C@H]3c2cc(Br)ccc2O)C(=O)N1c1ccccc1. The summed E-state index contributed by atoms with van der Waals surface area (Å²) in [5.41, 5.74) is 1.31. The maximum absolute atomic E-state index is 14.3. The molecule has 0 spiro atoms. The van der Waals surface area contributed by atoms with Gasteiger partial charge in [0.25, 0.3) is 11.8 Å². The second-order valence-corrected chi connectivity index (χ2v) is 13.5. The summed E-state index contributed by atoms with van der Waals surface area (Å²) in [5.74, 6) is -6.64. The molecule has 0 aromatic heterocycles. The highest BCUT2D eigenvalue weighted by Gasteiger charge is 2.77. The van der Waals surface area contributed by atoms with Crippen molar-refractivity contribution in [2.75, 3.05) is 9.80 Å². The van der Waals surface area contributed by atoms with E-state index in [-0.39, 0.29) is 35.7 Å². The van der Waals surface area contributed by atoms with Crippen LogP contribution in [0.2, 0.25) is 0 Å². The number of carbonyl (C=O) groups excluding carboxylic acids is 4. The van der Waals surface area contributed by atoms with Gasteiger partial charge in [0.1, 0.15) is 11.6 Å². The molecular formula is C32H22BrCl2FN2O5. The summed E-state index contributed by atoms with van der Waals surface area (Å²) in [6.45, 7) is 0. The van der Waals surface area contributed by atoms with Gasteiger partial charge >= 0.3 is 0 Å². The van der Waals surface area contributed by atoms with E-state index in [0.29, 0.717) is 15.7 Å². The summed E-state index contributed by atoms with van der Waals surface area (Å²) in [6.07, 6.45) is 1.79. The Hall–Kier alpha value is -3.53. The van der Waals surface area contributed by atoms with E-state index in [4.69, 9.17) is 23.2 Å². The number of phenolic OH excluding ortho intramolecular Hbond substituents is 1. The molecule has 3 fully saturated rings. The van der Waals surface area contributed by atoms with E-state index in [1.807, 2.05) is 0 Å². The predicted molar refractivity (Wildman–Crippen MR) is 161 cm³/mol. The van der Waals surface area contributed by atoms with E-state index in [1.165, 1.54) is 23.1 Å². The Labute approximate surface area is 264 Å². The zero-order chi connectivity index (χ0) is 30.4. The Bertz CT molecular complexity index is 1770. The second kappa shape index (κ2) is 9.74. The lowest BCUT2D eigenvalue weighted by Gasteiger charge is -2.50. The fourth-order valence-electron chi connectivity index (χ4n) is 7.33. The Morgan fingerprint density at radius 2 is 1.51 bits per heavy atom. The highest BCUT2D eigenvalue weighted by molar-refractivity contribution is 9.10. The highest BCUT2D eigenvalue weighted by atomic mass is 79.9. The molecule has 11 heteroatoms. The van der Waals surface area contributed by atoms with Gasteiger partial charge in [0.2, 0.25) is 11.8 Å². The number of hydrogen-bond acceptors (Lipinski definition) is 5. The number of hydrogen-bond donors (Lipinski definition) is 1. The van der Waals surface area contributed by atoms with Crippen molar-refractivity contribution in [3.8, 4) is 5.75 Å². The minimum Gasteiger partial charge on any atom is -0.508 e. The standard InChI is InChI=1S/C32H22BrCl2FN2O5/c33-16-6-13-24(39)22(14-16)26-20-11-12-21-25(28(41)37(27(21)40)18-4-2-1-3-5-18)23(20)15-31(34)29(42)38(30(43)32(26,31)35)19-9-7-17(36)8-10-19/h1-11,13-14,21,23,25-26,39H,12,15H2/t21-,23+,25-,26+,31+,32-/m0/s1. The average molecular weight is 684 g/mol. The summed E-state index contributed by atoms with van der Waals surface area (Å²) in [7, 11) is 0. The molecule has 218 valence electrons. The van der Waals surface area contributed by atoms with Crippen molar-refractivity contribution in [1.29, 1.82) is 0 Å². The number of rotatable bonds is 3. The van der Waals surface area contributed by atoms with Crippen molar-refractivity contribution in [2.24, 2.45) is 17.8 Å². The van der Waals surface area contributed by atoms with Crippen LogP contribution in [-0.2, 0) is 19.2 Å². The number of alkyl halides is 2. The first kappa shape index (κ1) is 28.3. The van der Waals surface area contributed by atoms with Crippen molar-refractivity contribution in [3.05, 3.63) is 100 Å². The van der Waals surface area contributed by atoms with Crippen LogP contribution < -0.4 is 9.80 Å². The lowest BCUT2D eigenvalue weighted by Crippen LogP contribution is -2.60. The van der Waals surface area contributed by atoms with Crippen molar-refractivity contribution in [2.45, 2.75) is 28.5 Å². The van der Waals surface area contributed by atoms with E-state index in [1.54, 1.807) is 48.5 Å². The van der Waals surface area contributed by atoms with Crippen molar-refractivity contribution in [3.63, 3.8) is 0 Å². The summed E-state index contributed by atoms with van der Waals surface area (Å²) in [6, 6.07) is 18.1. The number of para-hydroxylation sites is 1. The average Bonchev–Trinajstić information content (AvgIpc) is 3.33. The molecule has 1 saturated carbocycles. The van der Waals surface area contributed by atoms with E-state index in [9.17, 15) is 28.7 Å². The van der Waals surface area contributed by atoms with Crippen LogP contribution in [0, 0.1) is 23.6 Å². The minimum atomic E-state index is -2.13. The number of halogens is 4. The zero-order valence-corrected chi connectivity index (χ0v) is 25.3. The molecule has 6 atom stereocenters. The molecule has 2 heterocycles. The smallest absolute Gasteiger partial charge is 0.258 e. The first-order valence-electron chi connectivity index (χ1n) is 13.6. The van der Waals surface area contributed by atoms with Crippen LogP contribution in [0.25, 0.3) is 0 Å².